The van der Waals surface area contributed by atoms with Gasteiger partial charge in [-0.05, 0) is 38.2 Å². The normalized spacial score (nSPS) is 15.8. The molecule has 1 aliphatic rings. The molecule has 2 rings (SSSR count). The summed E-state index contributed by atoms with van der Waals surface area (Å²) in [5.41, 5.74) is 1.28. The standard InChI is InChI=1S/C11H14OS/c1-8-10(12-9-6-7-9)4-3-5-11(8)13-2/h3-5,9H,6-7H2,1-2H3. The highest BCUT2D eigenvalue weighted by Gasteiger charge is 2.24. The summed E-state index contributed by atoms with van der Waals surface area (Å²) < 4.78 is 5.79. The van der Waals surface area contributed by atoms with Gasteiger partial charge in [-0.25, -0.2) is 0 Å². The van der Waals surface area contributed by atoms with Gasteiger partial charge in [0, 0.05) is 10.5 Å². The van der Waals surface area contributed by atoms with Gasteiger partial charge >= 0.3 is 0 Å². The number of thioether (sulfide) groups is 1. The molecular formula is C11H14OS. The van der Waals surface area contributed by atoms with E-state index >= 15 is 0 Å². The lowest BCUT2D eigenvalue weighted by molar-refractivity contribution is 0.300. The Balaban J connectivity index is 2.22. The molecule has 0 saturated heterocycles. The SMILES string of the molecule is CSc1cccc(OC2CC2)c1C. The molecule has 1 aromatic rings. The van der Waals surface area contributed by atoms with Gasteiger partial charge in [0.15, 0.2) is 0 Å². The largest absolute Gasteiger partial charge is 0.490 e. The summed E-state index contributed by atoms with van der Waals surface area (Å²) in [5, 5.41) is 0. The van der Waals surface area contributed by atoms with E-state index in [0.29, 0.717) is 6.10 Å². The molecule has 1 saturated carbocycles. The van der Waals surface area contributed by atoms with Crippen LogP contribution in [0.25, 0.3) is 0 Å². The van der Waals surface area contributed by atoms with Crippen molar-refractivity contribution in [2.45, 2.75) is 30.8 Å². The molecule has 0 heterocycles. The molecule has 0 bridgehead atoms. The van der Waals surface area contributed by atoms with Gasteiger partial charge in [0.2, 0.25) is 0 Å². The molecule has 13 heavy (non-hydrogen) atoms. The Hall–Kier alpha value is -0.630. The van der Waals surface area contributed by atoms with Crippen LogP contribution in [0.15, 0.2) is 23.1 Å². The van der Waals surface area contributed by atoms with Crippen molar-refractivity contribution in [3.05, 3.63) is 23.8 Å². The maximum absolute atomic E-state index is 5.79. The van der Waals surface area contributed by atoms with Crippen LogP contribution in [0.2, 0.25) is 0 Å². The molecule has 0 aliphatic heterocycles. The van der Waals surface area contributed by atoms with E-state index in [4.69, 9.17) is 4.74 Å². The average Bonchev–Trinajstić information content (AvgIpc) is 2.92. The maximum Gasteiger partial charge on any atom is 0.123 e. The molecule has 0 aromatic heterocycles. The number of ether oxygens (including phenoxy) is 1. The second-order valence-electron chi connectivity index (χ2n) is 3.40. The van der Waals surface area contributed by atoms with E-state index in [1.54, 1.807) is 11.8 Å². The van der Waals surface area contributed by atoms with Gasteiger partial charge in [0.1, 0.15) is 5.75 Å². The Morgan fingerprint density at radius 2 is 2.15 bits per heavy atom. The van der Waals surface area contributed by atoms with E-state index in [1.165, 1.54) is 23.3 Å². The number of hydrogen-bond donors (Lipinski definition) is 0. The molecule has 0 unspecified atom stereocenters. The molecule has 1 fully saturated rings. The first-order chi connectivity index (χ1) is 6.31. The minimum absolute atomic E-state index is 0.496. The van der Waals surface area contributed by atoms with Gasteiger partial charge in [-0.15, -0.1) is 11.8 Å². The van der Waals surface area contributed by atoms with E-state index in [0.717, 1.165) is 5.75 Å². The molecule has 0 atom stereocenters. The number of hydrogen-bond acceptors (Lipinski definition) is 2. The van der Waals surface area contributed by atoms with Crippen LogP contribution in [-0.4, -0.2) is 12.4 Å². The first-order valence-corrected chi connectivity index (χ1v) is 5.84. The molecule has 1 nitrogen and oxygen atoms in total. The van der Waals surface area contributed by atoms with Crippen molar-refractivity contribution in [3.63, 3.8) is 0 Å². The van der Waals surface area contributed by atoms with Gasteiger partial charge in [-0.2, -0.15) is 0 Å². The van der Waals surface area contributed by atoms with Gasteiger partial charge in [-0.3, -0.25) is 0 Å². The molecule has 0 amide bonds. The van der Waals surface area contributed by atoms with E-state index in [-0.39, 0.29) is 0 Å². The Kier molecular flexibility index (Phi) is 2.49. The lowest BCUT2D eigenvalue weighted by Gasteiger charge is -2.10. The van der Waals surface area contributed by atoms with Crippen LogP contribution < -0.4 is 4.74 Å². The van der Waals surface area contributed by atoms with Crippen molar-refractivity contribution < 1.29 is 4.74 Å². The second kappa shape index (κ2) is 3.62. The van der Waals surface area contributed by atoms with E-state index in [1.807, 2.05) is 0 Å². The van der Waals surface area contributed by atoms with Crippen LogP contribution in [-0.2, 0) is 0 Å². The summed E-state index contributed by atoms with van der Waals surface area (Å²) in [6.45, 7) is 2.13. The minimum Gasteiger partial charge on any atom is -0.490 e. The quantitative estimate of drug-likeness (QED) is 0.683. The summed E-state index contributed by atoms with van der Waals surface area (Å²) in [5.74, 6) is 1.06. The Bertz CT molecular complexity index is 305. The first kappa shape index (κ1) is 8.95. The second-order valence-corrected chi connectivity index (χ2v) is 4.25. The lowest BCUT2D eigenvalue weighted by atomic mass is 10.2. The Labute approximate surface area is 83.5 Å². The van der Waals surface area contributed by atoms with Crippen LogP contribution in [0.1, 0.15) is 18.4 Å². The fraction of sp³-hybridized carbons (Fsp3) is 0.455. The summed E-state index contributed by atoms with van der Waals surface area (Å²) in [6.07, 6.45) is 5.05. The summed E-state index contributed by atoms with van der Waals surface area (Å²) in [4.78, 5) is 1.32. The average molecular weight is 194 g/mol. The predicted molar refractivity (Wildman–Crippen MR) is 56.6 cm³/mol. The molecular weight excluding hydrogens is 180 g/mol. The zero-order valence-corrected chi connectivity index (χ0v) is 8.86. The molecule has 70 valence electrons. The van der Waals surface area contributed by atoms with E-state index in [9.17, 15) is 0 Å². The van der Waals surface area contributed by atoms with Crippen molar-refractivity contribution in [2.24, 2.45) is 0 Å². The fourth-order valence-electron chi connectivity index (χ4n) is 1.31. The van der Waals surface area contributed by atoms with E-state index in [2.05, 4.69) is 31.4 Å². The van der Waals surface area contributed by atoms with Crippen LogP contribution in [0.3, 0.4) is 0 Å². The van der Waals surface area contributed by atoms with Crippen molar-refractivity contribution in [1.29, 1.82) is 0 Å². The number of benzene rings is 1. The Morgan fingerprint density at radius 3 is 2.77 bits per heavy atom. The van der Waals surface area contributed by atoms with Crippen molar-refractivity contribution in [2.75, 3.05) is 6.26 Å². The monoisotopic (exact) mass is 194 g/mol. The third-order valence-electron chi connectivity index (χ3n) is 2.27. The first-order valence-electron chi connectivity index (χ1n) is 4.61. The lowest BCUT2D eigenvalue weighted by Crippen LogP contribution is -1.98. The highest BCUT2D eigenvalue weighted by atomic mass is 32.2. The van der Waals surface area contributed by atoms with Gasteiger partial charge in [0.25, 0.3) is 0 Å². The third kappa shape index (κ3) is 1.99. The highest BCUT2D eigenvalue weighted by molar-refractivity contribution is 7.98. The molecule has 0 spiro atoms. The maximum atomic E-state index is 5.79. The van der Waals surface area contributed by atoms with Crippen molar-refractivity contribution in [1.82, 2.24) is 0 Å². The third-order valence-corrected chi connectivity index (χ3v) is 3.15. The molecule has 2 heteroatoms. The number of rotatable bonds is 3. The van der Waals surface area contributed by atoms with Crippen LogP contribution in [0.4, 0.5) is 0 Å². The fourth-order valence-corrected chi connectivity index (χ4v) is 1.93. The van der Waals surface area contributed by atoms with E-state index < -0.39 is 0 Å². The highest BCUT2D eigenvalue weighted by Crippen LogP contribution is 2.32. The zero-order valence-electron chi connectivity index (χ0n) is 8.04. The Morgan fingerprint density at radius 1 is 1.38 bits per heavy atom. The zero-order chi connectivity index (χ0) is 9.26. The summed E-state index contributed by atoms with van der Waals surface area (Å²) in [6, 6.07) is 6.27. The van der Waals surface area contributed by atoms with Crippen LogP contribution >= 0.6 is 11.8 Å². The molecule has 0 radical (unpaired) electrons. The molecule has 1 aromatic carbocycles. The summed E-state index contributed by atoms with van der Waals surface area (Å²) >= 11 is 1.78. The van der Waals surface area contributed by atoms with Gasteiger partial charge in [0.05, 0.1) is 6.10 Å². The van der Waals surface area contributed by atoms with Crippen LogP contribution in [0, 0.1) is 6.92 Å². The molecule has 0 N–H and O–H groups in total. The van der Waals surface area contributed by atoms with Crippen LogP contribution in [0.5, 0.6) is 5.75 Å². The summed E-state index contributed by atoms with van der Waals surface area (Å²) in [7, 11) is 0. The van der Waals surface area contributed by atoms with Gasteiger partial charge < -0.3 is 4.74 Å². The smallest absolute Gasteiger partial charge is 0.123 e. The van der Waals surface area contributed by atoms with Gasteiger partial charge in [-0.1, -0.05) is 6.07 Å². The minimum atomic E-state index is 0.496. The topological polar surface area (TPSA) is 9.23 Å². The van der Waals surface area contributed by atoms with Crippen molar-refractivity contribution >= 4 is 11.8 Å². The van der Waals surface area contributed by atoms with Crippen molar-refractivity contribution in [3.8, 4) is 5.75 Å². The molecule has 1 aliphatic carbocycles. The predicted octanol–water partition coefficient (Wildman–Crippen LogP) is 3.26.